The maximum Gasteiger partial charge on any atom is 0.420 e. The van der Waals surface area contributed by atoms with Crippen molar-refractivity contribution in [2.45, 2.75) is 39.4 Å². The second kappa shape index (κ2) is 7.32. The Kier molecular flexibility index (Phi) is 5.93. The zero-order valence-corrected chi connectivity index (χ0v) is 13.1. The number of nitro groups is 2. The fourth-order valence-electron chi connectivity index (χ4n) is 1.95. The monoisotopic (exact) mass is 351 g/mol. The van der Waals surface area contributed by atoms with E-state index < -0.39 is 50.4 Å². The number of ether oxygens (including phenoxy) is 1. The molecular weight excluding hydrogens is 335 g/mol. The third-order valence-electron chi connectivity index (χ3n) is 3.21. The van der Waals surface area contributed by atoms with Crippen molar-refractivity contribution in [1.82, 2.24) is 0 Å². The van der Waals surface area contributed by atoms with Crippen molar-refractivity contribution in [2.75, 3.05) is 11.9 Å². The summed E-state index contributed by atoms with van der Waals surface area (Å²) in [5.41, 5.74) is -4.29. The Bertz CT molecular complexity index is 649. The topological polar surface area (TPSA) is 108 Å². The molecular formula is C13H16F3N3O5. The first kappa shape index (κ1) is 19.5. The van der Waals surface area contributed by atoms with Crippen LogP contribution >= 0.6 is 0 Å². The zero-order valence-electron chi connectivity index (χ0n) is 13.1. The molecule has 0 amide bonds. The van der Waals surface area contributed by atoms with E-state index in [1.165, 1.54) is 6.92 Å². The van der Waals surface area contributed by atoms with Crippen molar-refractivity contribution in [3.05, 3.63) is 31.9 Å². The van der Waals surface area contributed by atoms with Gasteiger partial charge in [0, 0.05) is 12.1 Å². The molecule has 0 saturated heterocycles. The molecule has 0 aromatic heterocycles. The van der Waals surface area contributed by atoms with Crippen LogP contribution in [-0.4, -0.2) is 22.5 Å². The number of nitro benzene ring substituents is 2. The highest BCUT2D eigenvalue weighted by atomic mass is 19.4. The summed E-state index contributed by atoms with van der Waals surface area (Å²) in [4.78, 5) is 20.3. The van der Waals surface area contributed by atoms with Crippen LogP contribution in [0.4, 0.5) is 30.2 Å². The van der Waals surface area contributed by atoms with E-state index in [4.69, 9.17) is 4.74 Å². The second-order valence-electron chi connectivity index (χ2n) is 4.89. The first-order chi connectivity index (χ1) is 11.0. The van der Waals surface area contributed by atoms with Crippen LogP contribution in [0.3, 0.4) is 0 Å². The summed E-state index contributed by atoms with van der Waals surface area (Å²) in [6.07, 6.45) is -4.60. The molecule has 8 nitrogen and oxygen atoms in total. The quantitative estimate of drug-likeness (QED) is 0.584. The Balaban J connectivity index is 3.87. The van der Waals surface area contributed by atoms with Crippen LogP contribution in [0.25, 0.3) is 0 Å². The van der Waals surface area contributed by atoms with Gasteiger partial charge in [-0.2, -0.15) is 13.2 Å². The first-order valence-corrected chi connectivity index (χ1v) is 7.00. The van der Waals surface area contributed by atoms with Crippen LogP contribution in [0.1, 0.15) is 32.8 Å². The third kappa shape index (κ3) is 4.03. The Morgan fingerprint density at radius 3 is 2.21 bits per heavy atom. The van der Waals surface area contributed by atoms with Crippen LogP contribution < -0.4 is 10.1 Å². The molecule has 11 heteroatoms. The average Bonchev–Trinajstić information content (AvgIpc) is 2.45. The van der Waals surface area contributed by atoms with Gasteiger partial charge in [0.15, 0.2) is 5.69 Å². The Morgan fingerprint density at radius 2 is 1.83 bits per heavy atom. The van der Waals surface area contributed by atoms with Gasteiger partial charge in [-0.25, -0.2) is 0 Å². The Hall–Kier alpha value is -2.59. The smallest absolute Gasteiger partial charge is 0.420 e. The largest absolute Gasteiger partial charge is 0.487 e. The molecule has 0 fully saturated rings. The van der Waals surface area contributed by atoms with Crippen molar-refractivity contribution in [2.24, 2.45) is 0 Å². The van der Waals surface area contributed by atoms with Crippen molar-refractivity contribution in [3.8, 4) is 5.75 Å². The molecule has 1 N–H and O–H groups in total. The minimum absolute atomic E-state index is 0.253. The van der Waals surface area contributed by atoms with Gasteiger partial charge in [0.1, 0.15) is 5.56 Å². The minimum Gasteiger partial charge on any atom is -0.487 e. The maximum absolute atomic E-state index is 13.2. The molecule has 1 unspecified atom stereocenters. The standard InChI is InChI=1S/C13H16F3N3O5/c1-4-7(3)17-10-9(18(20)21)6-8(13(14,15)16)12(24-5-2)11(10)19(22)23/h6-7,17H,4-5H2,1-3H3. The molecule has 0 heterocycles. The number of hydrogen-bond acceptors (Lipinski definition) is 6. The van der Waals surface area contributed by atoms with Crippen molar-refractivity contribution in [3.63, 3.8) is 0 Å². The normalized spacial score (nSPS) is 12.6. The van der Waals surface area contributed by atoms with Gasteiger partial charge in [-0.1, -0.05) is 6.92 Å². The van der Waals surface area contributed by atoms with Gasteiger partial charge in [0.05, 0.1) is 16.5 Å². The number of nitrogens with one attached hydrogen (secondary N) is 1. The summed E-state index contributed by atoms with van der Waals surface area (Å²) in [5.74, 6) is -1.04. The molecule has 24 heavy (non-hydrogen) atoms. The van der Waals surface area contributed by atoms with Crippen molar-refractivity contribution < 1.29 is 27.8 Å². The van der Waals surface area contributed by atoms with Crippen LogP contribution in [0, 0.1) is 20.2 Å². The van der Waals surface area contributed by atoms with E-state index in [0.717, 1.165) is 0 Å². The van der Waals surface area contributed by atoms with E-state index in [9.17, 15) is 33.4 Å². The van der Waals surface area contributed by atoms with E-state index >= 15 is 0 Å². The number of hydrogen-bond donors (Lipinski definition) is 1. The van der Waals surface area contributed by atoms with Gasteiger partial charge < -0.3 is 10.1 Å². The lowest BCUT2D eigenvalue weighted by molar-refractivity contribution is -0.393. The highest BCUT2D eigenvalue weighted by Gasteiger charge is 2.43. The summed E-state index contributed by atoms with van der Waals surface area (Å²) in [6, 6.07) is -0.184. The molecule has 0 saturated carbocycles. The van der Waals surface area contributed by atoms with Gasteiger partial charge in [-0.15, -0.1) is 0 Å². The highest BCUT2D eigenvalue weighted by molar-refractivity contribution is 5.81. The van der Waals surface area contributed by atoms with E-state index in [1.54, 1.807) is 13.8 Å². The molecule has 0 aliphatic rings. The van der Waals surface area contributed by atoms with E-state index in [-0.39, 0.29) is 12.7 Å². The van der Waals surface area contributed by atoms with Crippen LogP contribution in [0.5, 0.6) is 5.75 Å². The van der Waals surface area contributed by atoms with E-state index in [2.05, 4.69) is 5.32 Å². The van der Waals surface area contributed by atoms with E-state index in [0.29, 0.717) is 6.42 Å². The SMILES string of the molecule is CCOc1c(C(F)(F)F)cc([N+](=O)[O-])c(NC(C)CC)c1[N+](=O)[O-]. The average molecular weight is 351 g/mol. The molecule has 134 valence electrons. The minimum atomic E-state index is -5.05. The lowest BCUT2D eigenvalue weighted by Crippen LogP contribution is -2.18. The Morgan fingerprint density at radius 1 is 1.25 bits per heavy atom. The number of anilines is 1. The lowest BCUT2D eigenvalue weighted by Gasteiger charge is -2.18. The molecule has 0 spiro atoms. The molecule has 1 aromatic carbocycles. The molecule has 1 rings (SSSR count). The number of benzene rings is 1. The highest BCUT2D eigenvalue weighted by Crippen LogP contribution is 2.49. The molecule has 0 aliphatic carbocycles. The van der Waals surface area contributed by atoms with E-state index in [1.807, 2.05) is 0 Å². The zero-order chi connectivity index (χ0) is 18.7. The predicted molar refractivity (Wildman–Crippen MR) is 79.3 cm³/mol. The third-order valence-corrected chi connectivity index (χ3v) is 3.21. The lowest BCUT2D eigenvalue weighted by atomic mass is 10.1. The number of nitrogens with zero attached hydrogens (tertiary/aromatic N) is 2. The van der Waals surface area contributed by atoms with Gasteiger partial charge >= 0.3 is 11.9 Å². The van der Waals surface area contributed by atoms with Gasteiger partial charge in [-0.3, -0.25) is 20.2 Å². The van der Waals surface area contributed by atoms with Gasteiger partial charge in [0.25, 0.3) is 5.69 Å². The summed E-state index contributed by atoms with van der Waals surface area (Å²) in [7, 11) is 0. The molecule has 1 atom stereocenters. The van der Waals surface area contributed by atoms with Crippen molar-refractivity contribution >= 4 is 17.1 Å². The second-order valence-corrected chi connectivity index (χ2v) is 4.89. The number of halogens is 3. The van der Waals surface area contributed by atoms with Crippen LogP contribution in [0.2, 0.25) is 0 Å². The number of rotatable bonds is 7. The summed E-state index contributed by atoms with van der Waals surface area (Å²) < 4.78 is 44.3. The molecule has 0 radical (unpaired) electrons. The number of alkyl halides is 3. The summed E-state index contributed by atoms with van der Waals surface area (Å²) in [6.45, 7) is 4.38. The Labute approximate surface area is 134 Å². The molecule has 0 aliphatic heterocycles. The first-order valence-electron chi connectivity index (χ1n) is 7.00. The summed E-state index contributed by atoms with van der Waals surface area (Å²) >= 11 is 0. The molecule has 0 bridgehead atoms. The fourth-order valence-corrected chi connectivity index (χ4v) is 1.95. The summed E-state index contributed by atoms with van der Waals surface area (Å²) in [5, 5.41) is 25.0. The fraction of sp³-hybridized carbons (Fsp3) is 0.538. The van der Waals surface area contributed by atoms with Gasteiger partial charge in [-0.05, 0) is 20.3 Å². The van der Waals surface area contributed by atoms with Crippen molar-refractivity contribution in [1.29, 1.82) is 0 Å². The predicted octanol–water partition coefficient (Wildman–Crippen LogP) is 4.13. The van der Waals surface area contributed by atoms with Gasteiger partial charge in [0.2, 0.25) is 5.75 Å². The maximum atomic E-state index is 13.2. The van der Waals surface area contributed by atoms with Crippen LogP contribution in [-0.2, 0) is 6.18 Å². The molecule has 1 aromatic rings. The van der Waals surface area contributed by atoms with Crippen LogP contribution in [0.15, 0.2) is 6.07 Å².